The molecule has 0 aromatic heterocycles. The highest BCUT2D eigenvalue weighted by molar-refractivity contribution is 5.91. The van der Waals surface area contributed by atoms with Gasteiger partial charge in [0.05, 0.1) is 12.2 Å². The fourth-order valence-corrected chi connectivity index (χ4v) is 2.74. The third-order valence-corrected chi connectivity index (χ3v) is 4.19. The quantitative estimate of drug-likeness (QED) is 0.714. The van der Waals surface area contributed by atoms with E-state index in [0.717, 1.165) is 26.1 Å². The van der Waals surface area contributed by atoms with Crippen LogP contribution in [-0.2, 0) is 4.79 Å². The van der Waals surface area contributed by atoms with Crippen molar-refractivity contribution in [3.05, 3.63) is 0 Å². The van der Waals surface area contributed by atoms with Gasteiger partial charge in [-0.3, -0.25) is 10.1 Å². The van der Waals surface area contributed by atoms with E-state index in [9.17, 15) is 4.79 Å². The van der Waals surface area contributed by atoms with Gasteiger partial charge < -0.3 is 4.90 Å². The summed E-state index contributed by atoms with van der Waals surface area (Å²) in [6, 6.07) is 0. The molecule has 0 atom stereocenters. The van der Waals surface area contributed by atoms with Crippen LogP contribution in [0.1, 0.15) is 39.0 Å². The van der Waals surface area contributed by atoms with Crippen molar-refractivity contribution in [1.29, 1.82) is 0 Å². The number of hydrogen-bond acceptors (Lipinski definition) is 2. The molecule has 1 heterocycles. The predicted molar refractivity (Wildman–Crippen MR) is 53.6 cm³/mol. The molecule has 3 nitrogen and oxygen atoms in total. The van der Waals surface area contributed by atoms with E-state index < -0.39 is 0 Å². The minimum Gasteiger partial charge on any atom is -0.328 e. The fraction of sp³-hybridized carbons (Fsp3) is 0.909. The van der Waals surface area contributed by atoms with Gasteiger partial charge in [-0.1, -0.05) is 13.3 Å². The maximum Gasteiger partial charge on any atom is 0.243 e. The number of rotatable bonds is 2. The lowest BCUT2D eigenvalue weighted by Crippen LogP contribution is -2.42. The Morgan fingerprint density at radius 3 is 2.50 bits per heavy atom. The summed E-state index contributed by atoms with van der Waals surface area (Å²) in [4.78, 5) is 14.0. The summed E-state index contributed by atoms with van der Waals surface area (Å²) in [5, 5.41) is 3.35. The van der Waals surface area contributed by atoms with Crippen molar-refractivity contribution in [2.75, 3.05) is 13.2 Å². The lowest BCUT2D eigenvalue weighted by molar-refractivity contribution is -0.131. The van der Waals surface area contributed by atoms with Gasteiger partial charge in [-0.25, -0.2) is 0 Å². The van der Waals surface area contributed by atoms with Crippen molar-refractivity contribution >= 4 is 5.91 Å². The van der Waals surface area contributed by atoms with Crippen molar-refractivity contribution in [1.82, 2.24) is 10.2 Å². The summed E-state index contributed by atoms with van der Waals surface area (Å²) >= 11 is 0. The molecule has 14 heavy (non-hydrogen) atoms. The van der Waals surface area contributed by atoms with Crippen LogP contribution in [-0.4, -0.2) is 29.6 Å². The first-order valence-corrected chi connectivity index (χ1v) is 5.68. The molecule has 2 saturated carbocycles. The van der Waals surface area contributed by atoms with Crippen molar-refractivity contribution in [2.24, 2.45) is 5.41 Å². The molecule has 1 aliphatic heterocycles. The van der Waals surface area contributed by atoms with E-state index in [1.807, 2.05) is 4.90 Å². The van der Waals surface area contributed by atoms with Gasteiger partial charge >= 0.3 is 0 Å². The number of carbonyl (C=O) groups excluding carboxylic acids is 1. The Hall–Kier alpha value is -0.570. The fourth-order valence-electron chi connectivity index (χ4n) is 2.74. The molecule has 2 aliphatic carbocycles. The van der Waals surface area contributed by atoms with Crippen molar-refractivity contribution < 1.29 is 4.79 Å². The van der Waals surface area contributed by atoms with Crippen LogP contribution in [0.5, 0.6) is 0 Å². The summed E-state index contributed by atoms with van der Waals surface area (Å²) in [6.07, 6.45) is 6.04. The SMILES string of the molecule is CC1(CN2CNC3(CC3)C2=O)CCC1. The highest BCUT2D eigenvalue weighted by atomic mass is 16.2. The van der Waals surface area contributed by atoms with Crippen molar-refractivity contribution in [2.45, 2.75) is 44.6 Å². The van der Waals surface area contributed by atoms with Gasteiger partial charge in [-0.2, -0.15) is 0 Å². The second-order valence-electron chi connectivity index (χ2n) is 5.58. The molecule has 78 valence electrons. The van der Waals surface area contributed by atoms with Crippen molar-refractivity contribution in [3.8, 4) is 0 Å². The largest absolute Gasteiger partial charge is 0.328 e. The summed E-state index contributed by atoms with van der Waals surface area (Å²) < 4.78 is 0. The first-order valence-electron chi connectivity index (χ1n) is 5.68. The maximum atomic E-state index is 12.0. The van der Waals surface area contributed by atoms with Crippen LogP contribution in [0.25, 0.3) is 0 Å². The molecule has 0 bridgehead atoms. The monoisotopic (exact) mass is 194 g/mol. The number of hydrogen-bond donors (Lipinski definition) is 1. The molecule has 3 fully saturated rings. The van der Waals surface area contributed by atoms with Crippen LogP contribution in [0, 0.1) is 5.41 Å². The van der Waals surface area contributed by atoms with Crippen LogP contribution in [0.4, 0.5) is 0 Å². The molecule has 0 radical (unpaired) electrons. The molecule has 3 rings (SSSR count). The van der Waals surface area contributed by atoms with Gasteiger partial charge in [-0.05, 0) is 31.1 Å². The average Bonchev–Trinajstić information content (AvgIpc) is 2.83. The molecular weight excluding hydrogens is 176 g/mol. The number of nitrogens with zero attached hydrogens (tertiary/aromatic N) is 1. The molecule has 1 N–H and O–H groups in total. The molecule has 0 aromatic carbocycles. The summed E-state index contributed by atoms with van der Waals surface area (Å²) in [5.41, 5.74) is 0.331. The lowest BCUT2D eigenvalue weighted by atomic mass is 9.70. The molecule has 1 saturated heterocycles. The molecule has 0 unspecified atom stereocenters. The van der Waals surface area contributed by atoms with E-state index in [1.165, 1.54) is 19.3 Å². The Kier molecular flexibility index (Phi) is 1.56. The first-order chi connectivity index (χ1) is 6.64. The Balaban J connectivity index is 1.66. The lowest BCUT2D eigenvalue weighted by Gasteiger charge is -2.41. The number of amides is 1. The smallest absolute Gasteiger partial charge is 0.243 e. The zero-order chi connectivity index (χ0) is 9.81. The Morgan fingerprint density at radius 2 is 2.07 bits per heavy atom. The van der Waals surface area contributed by atoms with Gasteiger partial charge in [-0.15, -0.1) is 0 Å². The third kappa shape index (κ3) is 1.11. The van der Waals surface area contributed by atoms with Crippen LogP contribution in [0.2, 0.25) is 0 Å². The second-order valence-corrected chi connectivity index (χ2v) is 5.58. The van der Waals surface area contributed by atoms with E-state index in [0.29, 0.717) is 11.3 Å². The van der Waals surface area contributed by atoms with Crippen LogP contribution in [0.15, 0.2) is 0 Å². The van der Waals surface area contributed by atoms with E-state index in [1.54, 1.807) is 0 Å². The van der Waals surface area contributed by atoms with Crippen LogP contribution >= 0.6 is 0 Å². The Bertz CT molecular complexity index is 279. The highest BCUT2D eigenvalue weighted by Crippen LogP contribution is 2.44. The predicted octanol–water partition coefficient (Wildman–Crippen LogP) is 1.10. The molecule has 3 aliphatic rings. The zero-order valence-electron chi connectivity index (χ0n) is 8.81. The van der Waals surface area contributed by atoms with Gasteiger partial charge in [0.15, 0.2) is 0 Å². The number of nitrogens with one attached hydrogen (secondary N) is 1. The first kappa shape index (κ1) is 8.72. The minimum atomic E-state index is -0.0971. The summed E-state index contributed by atoms with van der Waals surface area (Å²) in [6.45, 7) is 4.07. The van der Waals surface area contributed by atoms with Gasteiger partial charge in [0.2, 0.25) is 5.91 Å². The number of carbonyl (C=O) groups is 1. The molecule has 1 amide bonds. The minimum absolute atomic E-state index is 0.0971. The third-order valence-electron chi connectivity index (χ3n) is 4.19. The molecular formula is C11H18N2O. The molecule has 1 spiro atoms. The van der Waals surface area contributed by atoms with E-state index in [-0.39, 0.29) is 5.54 Å². The Labute approximate surface area is 84.8 Å². The van der Waals surface area contributed by atoms with Gasteiger partial charge in [0.25, 0.3) is 0 Å². The Morgan fingerprint density at radius 1 is 1.36 bits per heavy atom. The van der Waals surface area contributed by atoms with Gasteiger partial charge in [0, 0.05) is 6.54 Å². The van der Waals surface area contributed by atoms with E-state index >= 15 is 0 Å². The topological polar surface area (TPSA) is 32.3 Å². The standard InChI is InChI=1S/C11H18N2O/c1-10(3-2-4-10)7-13-8-12-11(5-6-11)9(13)14/h12H,2-8H2,1H3. The highest BCUT2D eigenvalue weighted by Gasteiger charge is 2.56. The molecule has 3 heteroatoms. The van der Waals surface area contributed by atoms with Crippen LogP contribution < -0.4 is 5.32 Å². The second kappa shape index (κ2) is 2.51. The average molecular weight is 194 g/mol. The molecule has 0 aromatic rings. The summed E-state index contributed by atoms with van der Waals surface area (Å²) in [5.74, 6) is 0.366. The maximum absolute atomic E-state index is 12.0. The van der Waals surface area contributed by atoms with Gasteiger partial charge in [0.1, 0.15) is 0 Å². The van der Waals surface area contributed by atoms with E-state index in [2.05, 4.69) is 12.2 Å². The van der Waals surface area contributed by atoms with Crippen LogP contribution in [0.3, 0.4) is 0 Å². The zero-order valence-corrected chi connectivity index (χ0v) is 8.81. The summed E-state index contributed by atoms with van der Waals surface area (Å²) in [7, 11) is 0. The van der Waals surface area contributed by atoms with Crippen molar-refractivity contribution in [3.63, 3.8) is 0 Å². The van der Waals surface area contributed by atoms with E-state index in [4.69, 9.17) is 0 Å². The normalized spacial score (nSPS) is 32.1.